The molecule has 0 fully saturated rings. The van der Waals surface area contributed by atoms with Gasteiger partial charge in [-0.1, -0.05) is 31.2 Å². The fourth-order valence-electron chi connectivity index (χ4n) is 4.19. The summed E-state index contributed by atoms with van der Waals surface area (Å²) in [7, 11) is 0. The van der Waals surface area contributed by atoms with E-state index in [0.29, 0.717) is 52.2 Å². The molecule has 0 atom stereocenters. The number of carbonyl (C=O) groups is 1. The molecule has 0 radical (unpaired) electrons. The summed E-state index contributed by atoms with van der Waals surface area (Å²) in [4.78, 5) is 32.9. The molecule has 5 heterocycles. The summed E-state index contributed by atoms with van der Waals surface area (Å²) in [5, 5.41) is 8.12. The third kappa shape index (κ3) is 3.80. The standard InChI is InChI=1S/C27H20FN7O/c1-2-18(36)10-17-8-7-15(11-30-17)16-9-20-25(34-35-26(20)31-12-16)27-32-23-14-29-13-21(24(23)33-27)19-5-3-4-6-22(19)28/h3-9,11-14H,2,10H2,1H3,(H,32,33)(H,31,34,35). The molecule has 0 aliphatic heterocycles. The molecule has 0 spiro atoms. The normalized spacial score (nSPS) is 11.4. The summed E-state index contributed by atoms with van der Waals surface area (Å²) in [6.45, 7) is 1.85. The lowest BCUT2D eigenvalue weighted by molar-refractivity contribution is -0.118. The van der Waals surface area contributed by atoms with Crippen LogP contribution in [0.5, 0.6) is 0 Å². The first-order chi connectivity index (χ1) is 17.6. The summed E-state index contributed by atoms with van der Waals surface area (Å²) in [5.74, 6) is 0.361. The number of imidazole rings is 1. The van der Waals surface area contributed by atoms with Gasteiger partial charge in [-0.05, 0) is 18.2 Å². The monoisotopic (exact) mass is 477 g/mol. The number of benzene rings is 1. The molecule has 6 aromatic rings. The Labute approximate surface area is 204 Å². The molecule has 36 heavy (non-hydrogen) atoms. The molecule has 8 nitrogen and oxygen atoms in total. The third-order valence-corrected chi connectivity index (χ3v) is 6.14. The van der Waals surface area contributed by atoms with Gasteiger partial charge in [0, 0.05) is 59.4 Å². The van der Waals surface area contributed by atoms with Crippen molar-refractivity contribution in [3.8, 4) is 33.8 Å². The Balaban J connectivity index is 1.41. The molecule has 0 saturated carbocycles. The number of ketones is 1. The lowest BCUT2D eigenvalue weighted by Gasteiger charge is -2.04. The van der Waals surface area contributed by atoms with Gasteiger partial charge in [0.2, 0.25) is 0 Å². The fraction of sp³-hybridized carbons (Fsp3) is 0.111. The Kier molecular flexibility index (Phi) is 5.29. The summed E-state index contributed by atoms with van der Waals surface area (Å²) < 4.78 is 14.5. The van der Waals surface area contributed by atoms with Gasteiger partial charge in [-0.25, -0.2) is 14.4 Å². The average Bonchev–Trinajstić information content (AvgIpc) is 3.53. The number of rotatable bonds is 6. The number of halogens is 1. The molecule has 5 aromatic heterocycles. The minimum atomic E-state index is -0.337. The number of H-pyrrole nitrogens is 2. The van der Waals surface area contributed by atoms with Crippen molar-refractivity contribution < 1.29 is 9.18 Å². The van der Waals surface area contributed by atoms with Crippen LogP contribution in [0.2, 0.25) is 0 Å². The molecule has 176 valence electrons. The number of nitrogens with zero attached hydrogens (tertiary/aromatic N) is 5. The van der Waals surface area contributed by atoms with Crippen LogP contribution in [0.15, 0.2) is 67.3 Å². The number of aromatic amines is 2. The molecule has 9 heteroatoms. The van der Waals surface area contributed by atoms with Gasteiger partial charge in [0.15, 0.2) is 11.5 Å². The second-order valence-electron chi connectivity index (χ2n) is 8.45. The highest BCUT2D eigenvalue weighted by molar-refractivity contribution is 5.96. The molecular weight excluding hydrogens is 457 g/mol. The number of Topliss-reactive ketones (excluding diaryl/α,β-unsaturated/α-hetero) is 1. The van der Waals surface area contributed by atoms with Gasteiger partial charge in [0.05, 0.1) is 17.1 Å². The molecule has 6 rings (SSSR count). The van der Waals surface area contributed by atoms with Gasteiger partial charge in [0.1, 0.15) is 22.8 Å². The van der Waals surface area contributed by atoms with E-state index >= 15 is 0 Å². The van der Waals surface area contributed by atoms with Crippen molar-refractivity contribution in [2.24, 2.45) is 0 Å². The number of pyridine rings is 3. The van der Waals surface area contributed by atoms with E-state index in [1.165, 1.54) is 6.07 Å². The highest BCUT2D eigenvalue weighted by Gasteiger charge is 2.17. The van der Waals surface area contributed by atoms with Crippen molar-refractivity contribution in [2.75, 3.05) is 0 Å². The zero-order valence-electron chi connectivity index (χ0n) is 19.3. The minimum absolute atomic E-state index is 0.153. The lowest BCUT2D eigenvalue weighted by atomic mass is 10.1. The summed E-state index contributed by atoms with van der Waals surface area (Å²) in [6.07, 6.45) is 7.58. The highest BCUT2D eigenvalue weighted by Crippen LogP contribution is 2.32. The zero-order chi connectivity index (χ0) is 24.6. The van der Waals surface area contributed by atoms with Gasteiger partial charge < -0.3 is 4.98 Å². The van der Waals surface area contributed by atoms with Crippen molar-refractivity contribution in [2.45, 2.75) is 19.8 Å². The summed E-state index contributed by atoms with van der Waals surface area (Å²) >= 11 is 0. The number of nitrogens with one attached hydrogen (secondary N) is 2. The van der Waals surface area contributed by atoms with Crippen LogP contribution >= 0.6 is 0 Å². The first kappa shape index (κ1) is 21.7. The van der Waals surface area contributed by atoms with Gasteiger partial charge >= 0.3 is 0 Å². The maximum absolute atomic E-state index is 14.5. The van der Waals surface area contributed by atoms with Crippen LogP contribution in [0, 0.1) is 5.82 Å². The van der Waals surface area contributed by atoms with Crippen molar-refractivity contribution in [3.05, 3.63) is 78.8 Å². The largest absolute Gasteiger partial charge is 0.335 e. The molecule has 0 aliphatic rings. The Hall–Kier alpha value is -4.79. The smallest absolute Gasteiger partial charge is 0.181 e. The van der Waals surface area contributed by atoms with Crippen LogP contribution in [-0.2, 0) is 11.2 Å². The van der Waals surface area contributed by atoms with Crippen molar-refractivity contribution in [1.82, 2.24) is 35.1 Å². The predicted molar refractivity (Wildman–Crippen MR) is 134 cm³/mol. The van der Waals surface area contributed by atoms with Crippen LogP contribution in [-0.4, -0.2) is 40.9 Å². The van der Waals surface area contributed by atoms with E-state index in [0.717, 1.165) is 22.2 Å². The molecule has 1 aromatic carbocycles. The second kappa shape index (κ2) is 8.77. The van der Waals surface area contributed by atoms with Gasteiger partial charge in [-0.3, -0.25) is 19.9 Å². The molecule has 2 N–H and O–H groups in total. The molecule has 0 aliphatic carbocycles. The molecule has 0 amide bonds. The Morgan fingerprint density at radius 1 is 0.972 bits per heavy atom. The molecule has 0 saturated heterocycles. The number of fused-ring (bicyclic) bond motifs is 2. The number of aromatic nitrogens is 7. The topological polar surface area (TPSA) is 113 Å². The Morgan fingerprint density at radius 3 is 2.64 bits per heavy atom. The van der Waals surface area contributed by atoms with Crippen LogP contribution in [0.3, 0.4) is 0 Å². The van der Waals surface area contributed by atoms with E-state index in [1.54, 1.807) is 43.0 Å². The summed E-state index contributed by atoms with van der Waals surface area (Å²) in [5.41, 5.74) is 6.00. The number of hydrogen-bond donors (Lipinski definition) is 2. The number of carbonyl (C=O) groups excluding carboxylic acids is 1. The Morgan fingerprint density at radius 2 is 1.83 bits per heavy atom. The van der Waals surface area contributed by atoms with E-state index in [2.05, 4.69) is 30.1 Å². The van der Waals surface area contributed by atoms with E-state index in [9.17, 15) is 9.18 Å². The zero-order valence-corrected chi connectivity index (χ0v) is 19.3. The van der Waals surface area contributed by atoms with Crippen LogP contribution in [0.1, 0.15) is 19.0 Å². The fourth-order valence-corrected chi connectivity index (χ4v) is 4.19. The van der Waals surface area contributed by atoms with Gasteiger partial charge in [-0.15, -0.1) is 0 Å². The lowest BCUT2D eigenvalue weighted by Crippen LogP contribution is -2.02. The molecule has 0 bridgehead atoms. The van der Waals surface area contributed by atoms with E-state index < -0.39 is 0 Å². The van der Waals surface area contributed by atoms with Gasteiger partial charge in [-0.2, -0.15) is 5.10 Å². The highest BCUT2D eigenvalue weighted by atomic mass is 19.1. The second-order valence-corrected chi connectivity index (χ2v) is 8.45. The van der Waals surface area contributed by atoms with Crippen molar-refractivity contribution in [1.29, 1.82) is 0 Å². The first-order valence-electron chi connectivity index (χ1n) is 11.5. The maximum Gasteiger partial charge on any atom is 0.181 e. The van der Waals surface area contributed by atoms with Crippen molar-refractivity contribution >= 4 is 27.9 Å². The van der Waals surface area contributed by atoms with Crippen molar-refractivity contribution in [3.63, 3.8) is 0 Å². The minimum Gasteiger partial charge on any atom is -0.335 e. The maximum atomic E-state index is 14.5. The average molecular weight is 478 g/mol. The van der Waals surface area contributed by atoms with E-state index in [4.69, 9.17) is 4.98 Å². The van der Waals surface area contributed by atoms with Crippen LogP contribution < -0.4 is 0 Å². The number of hydrogen-bond acceptors (Lipinski definition) is 6. The molecular formula is C27H20FN7O. The van der Waals surface area contributed by atoms with Crippen LogP contribution in [0.25, 0.3) is 55.8 Å². The predicted octanol–water partition coefficient (Wildman–Crippen LogP) is 5.29. The Bertz CT molecular complexity index is 1740. The first-order valence-corrected chi connectivity index (χ1v) is 11.5. The van der Waals surface area contributed by atoms with Gasteiger partial charge in [0.25, 0.3) is 0 Å². The van der Waals surface area contributed by atoms with Crippen LogP contribution in [0.4, 0.5) is 4.39 Å². The third-order valence-electron chi connectivity index (χ3n) is 6.14. The van der Waals surface area contributed by atoms with E-state index in [1.807, 2.05) is 25.1 Å². The molecule has 0 unspecified atom stereocenters. The summed E-state index contributed by atoms with van der Waals surface area (Å²) in [6, 6.07) is 12.3. The van der Waals surface area contributed by atoms with E-state index in [-0.39, 0.29) is 11.6 Å². The quantitative estimate of drug-likeness (QED) is 0.337. The SMILES string of the molecule is CCC(=O)Cc1ccc(-c2cnc3n[nH]c(-c4nc5c(-c6ccccc6F)cncc5[nH]4)c3c2)cn1.